The number of rotatable bonds is 14. The van der Waals surface area contributed by atoms with Gasteiger partial charge in [-0.15, -0.1) is 10.2 Å². The van der Waals surface area contributed by atoms with Crippen molar-refractivity contribution in [3.8, 4) is 5.75 Å². The molecule has 158 valence electrons. The molecule has 6 nitrogen and oxygen atoms in total. The summed E-state index contributed by atoms with van der Waals surface area (Å²) < 4.78 is 5.81. The molecule has 0 radical (unpaired) electrons. The quantitative estimate of drug-likeness (QED) is 0.180. The van der Waals surface area contributed by atoms with Crippen molar-refractivity contribution in [3.63, 3.8) is 0 Å². The zero-order chi connectivity index (χ0) is 20.9. The lowest BCUT2D eigenvalue weighted by Crippen LogP contribution is -2.10. The highest BCUT2D eigenvalue weighted by atomic mass is 32.2. The number of methoxy groups -OCH3 is 1. The fourth-order valence-corrected chi connectivity index (χ4v) is 4.41. The van der Waals surface area contributed by atoms with Crippen LogP contribution in [0.1, 0.15) is 68.6 Å². The third-order valence-electron chi connectivity index (χ3n) is 4.38. The smallest absolute Gasteiger partial charge is 0.226 e. The van der Waals surface area contributed by atoms with Crippen LogP contribution >= 0.6 is 23.1 Å². The predicted molar refractivity (Wildman–Crippen MR) is 119 cm³/mol. The van der Waals surface area contributed by atoms with Crippen molar-refractivity contribution in [3.05, 3.63) is 29.8 Å². The molecule has 2 aromatic rings. The number of unbranched alkanes of at least 4 members (excludes halogenated alkanes) is 6. The Labute approximate surface area is 180 Å². The van der Waals surface area contributed by atoms with Crippen LogP contribution in [0, 0.1) is 0 Å². The molecule has 0 aliphatic rings. The van der Waals surface area contributed by atoms with Crippen LogP contribution in [0.3, 0.4) is 0 Å². The maximum Gasteiger partial charge on any atom is 0.226 e. The number of aromatic nitrogens is 2. The van der Waals surface area contributed by atoms with Crippen LogP contribution in [0.15, 0.2) is 28.6 Å². The normalized spacial score (nSPS) is 10.7. The molecule has 0 fully saturated rings. The molecule has 0 aliphatic carbocycles. The Bertz CT molecular complexity index is 780. The second kappa shape index (κ2) is 13.3. The Kier molecular flexibility index (Phi) is 10.7. The van der Waals surface area contributed by atoms with Gasteiger partial charge >= 0.3 is 0 Å². The first-order valence-electron chi connectivity index (χ1n) is 10.1. The summed E-state index contributed by atoms with van der Waals surface area (Å²) in [6.07, 6.45) is 8.75. The van der Waals surface area contributed by atoms with E-state index in [2.05, 4.69) is 22.4 Å². The second-order valence-corrected chi connectivity index (χ2v) is 8.94. The van der Waals surface area contributed by atoms with E-state index in [-0.39, 0.29) is 17.4 Å². The molecule has 2 rings (SSSR count). The van der Waals surface area contributed by atoms with E-state index in [1.807, 2.05) is 0 Å². The van der Waals surface area contributed by atoms with Gasteiger partial charge in [0.1, 0.15) is 5.75 Å². The van der Waals surface area contributed by atoms with Crippen LogP contribution in [0.2, 0.25) is 0 Å². The number of ketones is 1. The Hall–Kier alpha value is -1.93. The number of carbonyl (C=O) groups is 2. The van der Waals surface area contributed by atoms with Crippen molar-refractivity contribution >= 4 is 39.9 Å². The zero-order valence-corrected chi connectivity index (χ0v) is 18.7. The highest BCUT2D eigenvalue weighted by Gasteiger charge is 2.12. The Morgan fingerprint density at radius 2 is 1.86 bits per heavy atom. The zero-order valence-electron chi connectivity index (χ0n) is 17.1. The molecule has 0 atom stereocenters. The summed E-state index contributed by atoms with van der Waals surface area (Å²) in [4.78, 5) is 24.3. The third-order valence-corrected chi connectivity index (χ3v) is 6.35. The van der Waals surface area contributed by atoms with E-state index in [1.54, 1.807) is 31.4 Å². The van der Waals surface area contributed by atoms with Gasteiger partial charge in [0.25, 0.3) is 0 Å². The summed E-state index contributed by atoms with van der Waals surface area (Å²) in [5, 5.41) is 11.3. The lowest BCUT2D eigenvalue weighted by molar-refractivity contribution is -0.116. The van der Waals surface area contributed by atoms with Gasteiger partial charge in [-0.2, -0.15) is 0 Å². The summed E-state index contributed by atoms with van der Waals surface area (Å²) >= 11 is 2.61. The first-order chi connectivity index (χ1) is 14.1. The Morgan fingerprint density at radius 3 is 2.62 bits per heavy atom. The van der Waals surface area contributed by atoms with E-state index < -0.39 is 0 Å². The molecule has 1 amide bonds. The van der Waals surface area contributed by atoms with E-state index in [0.717, 1.165) is 12.8 Å². The molecule has 0 bridgehead atoms. The maximum absolute atomic E-state index is 12.3. The fraction of sp³-hybridized carbons (Fsp3) is 0.524. The topological polar surface area (TPSA) is 81.2 Å². The number of carbonyl (C=O) groups excluding carboxylic acids is 2. The van der Waals surface area contributed by atoms with E-state index in [0.29, 0.717) is 27.2 Å². The standard InChI is InChI=1S/C21H29N3O3S2/c1-3-4-5-6-7-8-9-13-19(26)22-20-23-24-21(29-20)28-15-18(25)16-11-10-12-17(14-16)27-2/h10-12,14H,3-9,13,15H2,1-2H3,(H,22,23,26). The highest BCUT2D eigenvalue weighted by molar-refractivity contribution is 8.01. The number of anilines is 1. The van der Waals surface area contributed by atoms with Crippen molar-refractivity contribution in [1.82, 2.24) is 10.2 Å². The van der Waals surface area contributed by atoms with Crippen LogP contribution < -0.4 is 10.1 Å². The summed E-state index contributed by atoms with van der Waals surface area (Å²) in [7, 11) is 1.57. The number of hydrogen-bond acceptors (Lipinski definition) is 7. The first kappa shape index (κ1) is 23.3. The second-order valence-electron chi connectivity index (χ2n) is 6.74. The van der Waals surface area contributed by atoms with Crippen LogP contribution in [0.5, 0.6) is 5.75 Å². The van der Waals surface area contributed by atoms with Gasteiger partial charge in [-0.1, -0.05) is 80.7 Å². The van der Waals surface area contributed by atoms with Crippen molar-refractivity contribution in [2.24, 2.45) is 0 Å². The Balaban J connectivity index is 1.68. The highest BCUT2D eigenvalue weighted by Crippen LogP contribution is 2.26. The number of hydrogen-bond donors (Lipinski definition) is 1. The van der Waals surface area contributed by atoms with Crippen LogP contribution in [0.25, 0.3) is 0 Å². The molecule has 0 aliphatic heterocycles. The van der Waals surface area contributed by atoms with Crippen LogP contribution in [0.4, 0.5) is 5.13 Å². The van der Waals surface area contributed by atoms with Gasteiger partial charge in [-0.3, -0.25) is 9.59 Å². The van der Waals surface area contributed by atoms with Crippen molar-refractivity contribution < 1.29 is 14.3 Å². The first-order valence-corrected chi connectivity index (χ1v) is 11.9. The number of benzene rings is 1. The molecule has 1 aromatic carbocycles. The summed E-state index contributed by atoms with van der Waals surface area (Å²) in [5.41, 5.74) is 0.601. The number of nitrogens with zero attached hydrogens (tertiary/aromatic N) is 2. The average molecular weight is 436 g/mol. The van der Waals surface area contributed by atoms with E-state index in [1.165, 1.54) is 55.2 Å². The molecular formula is C21H29N3O3S2. The molecule has 0 spiro atoms. The molecule has 1 N–H and O–H groups in total. The van der Waals surface area contributed by atoms with E-state index >= 15 is 0 Å². The fourth-order valence-electron chi connectivity index (χ4n) is 2.75. The minimum atomic E-state index is -0.0290. The minimum Gasteiger partial charge on any atom is -0.497 e. The molecule has 0 saturated heterocycles. The molecular weight excluding hydrogens is 406 g/mol. The van der Waals surface area contributed by atoms with Gasteiger partial charge in [0.05, 0.1) is 12.9 Å². The molecule has 29 heavy (non-hydrogen) atoms. The Morgan fingerprint density at radius 1 is 1.10 bits per heavy atom. The molecule has 1 heterocycles. The minimum absolute atomic E-state index is 0.00591. The summed E-state index contributed by atoms with van der Waals surface area (Å²) in [6.45, 7) is 2.21. The van der Waals surface area contributed by atoms with Crippen molar-refractivity contribution in [1.29, 1.82) is 0 Å². The van der Waals surface area contributed by atoms with E-state index in [4.69, 9.17) is 4.74 Å². The molecule has 1 aromatic heterocycles. The molecule has 8 heteroatoms. The van der Waals surface area contributed by atoms with Crippen molar-refractivity contribution in [2.75, 3.05) is 18.2 Å². The van der Waals surface area contributed by atoms with Crippen LogP contribution in [-0.4, -0.2) is 34.8 Å². The molecule has 0 unspecified atom stereocenters. The maximum atomic E-state index is 12.3. The van der Waals surface area contributed by atoms with Gasteiger partial charge in [0, 0.05) is 12.0 Å². The lowest BCUT2D eigenvalue weighted by atomic mass is 10.1. The van der Waals surface area contributed by atoms with E-state index in [9.17, 15) is 9.59 Å². The molecule has 0 saturated carbocycles. The van der Waals surface area contributed by atoms with Gasteiger partial charge < -0.3 is 10.1 Å². The summed E-state index contributed by atoms with van der Waals surface area (Å²) in [6, 6.07) is 7.08. The van der Waals surface area contributed by atoms with Gasteiger partial charge in [-0.25, -0.2) is 0 Å². The van der Waals surface area contributed by atoms with Crippen molar-refractivity contribution in [2.45, 2.75) is 62.6 Å². The predicted octanol–water partition coefficient (Wildman–Crippen LogP) is 5.60. The number of thioether (sulfide) groups is 1. The van der Waals surface area contributed by atoms with Gasteiger partial charge in [-0.05, 0) is 18.6 Å². The average Bonchev–Trinajstić information content (AvgIpc) is 3.18. The number of nitrogens with one attached hydrogen (secondary N) is 1. The third kappa shape index (κ3) is 8.95. The SMILES string of the molecule is CCCCCCCCCC(=O)Nc1nnc(SCC(=O)c2cccc(OC)c2)s1. The number of Topliss-reactive ketones (excluding diaryl/α,β-unsaturated/α-hetero) is 1. The number of ether oxygens (including phenoxy) is 1. The largest absolute Gasteiger partial charge is 0.497 e. The summed E-state index contributed by atoms with van der Waals surface area (Å²) in [5.74, 6) is 0.878. The van der Waals surface area contributed by atoms with Gasteiger partial charge in [0.15, 0.2) is 10.1 Å². The van der Waals surface area contributed by atoms with Gasteiger partial charge in [0.2, 0.25) is 11.0 Å². The number of amides is 1. The monoisotopic (exact) mass is 435 g/mol. The lowest BCUT2D eigenvalue weighted by Gasteiger charge is -2.03. The van der Waals surface area contributed by atoms with Crippen LogP contribution in [-0.2, 0) is 4.79 Å².